The third-order valence-corrected chi connectivity index (χ3v) is 7.90. The molecular formula is C24H23F3N6S. The molecule has 3 aromatic heterocycles. The minimum atomic E-state index is -4.22. The van der Waals surface area contributed by atoms with E-state index in [-0.39, 0.29) is 10.3 Å². The van der Waals surface area contributed by atoms with Crippen molar-refractivity contribution in [2.24, 2.45) is 5.41 Å². The van der Waals surface area contributed by atoms with Crippen LogP contribution in [0.4, 0.5) is 24.7 Å². The number of aromatic nitrogens is 4. The van der Waals surface area contributed by atoms with Crippen molar-refractivity contribution in [2.45, 2.75) is 37.9 Å². The lowest BCUT2D eigenvalue weighted by molar-refractivity contribution is -0.126. The quantitative estimate of drug-likeness (QED) is 0.383. The molecule has 2 fully saturated rings. The molecule has 1 saturated carbocycles. The van der Waals surface area contributed by atoms with Crippen molar-refractivity contribution in [1.29, 1.82) is 0 Å². The smallest absolute Gasteiger partial charge is 0.382 e. The van der Waals surface area contributed by atoms with Crippen molar-refractivity contribution in [3.8, 4) is 11.3 Å². The van der Waals surface area contributed by atoms with Gasteiger partial charge in [-0.3, -0.25) is 5.10 Å². The Morgan fingerprint density at radius 2 is 1.97 bits per heavy atom. The van der Waals surface area contributed by atoms with E-state index in [9.17, 15) is 13.2 Å². The van der Waals surface area contributed by atoms with Crippen LogP contribution in [0.25, 0.3) is 21.5 Å². The van der Waals surface area contributed by atoms with Crippen LogP contribution in [0.2, 0.25) is 0 Å². The number of rotatable bonds is 5. The summed E-state index contributed by atoms with van der Waals surface area (Å²) in [7, 11) is 0. The summed E-state index contributed by atoms with van der Waals surface area (Å²) in [5.74, 6) is 0.756. The molecule has 1 aromatic carbocycles. The summed E-state index contributed by atoms with van der Waals surface area (Å²) in [5, 5.41) is 11.4. The van der Waals surface area contributed by atoms with Gasteiger partial charge in [0.15, 0.2) is 0 Å². The van der Waals surface area contributed by atoms with Gasteiger partial charge in [-0.25, -0.2) is 9.97 Å². The summed E-state index contributed by atoms with van der Waals surface area (Å²) in [6.45, 7) is 1.75. The lowest BCUT2D eigenvalue weighted by Gasteiger charge is -2.49. The van der Waals surface area contributed by atoms with Gasteiger partial charge >= 0.3 is 6.18 Å². The van der Waals surface area contributed by atoms with Gasteiger partial charge in [0.25, 0.3) is 0 Å². The van der Waals surface area contributed by atoms with Gasteiger partial charge in [-0.15, -0.1) is 11.3 Å². The molecular weight excluding hydrogens is 461 g/mol. The predicted octanol–water partition coefficient (Wildman–Crippen LogP) is 5.66. The topological polar surface area (TPSA) is 69.7 Å². The van der Waals surface area contributed by atoms with E-state index in [2.05, 4.69) is 54.6 Å². The van der Waals surface area contributed by atoms with Crippen LogP contribution in [0.5, 0.6) is 0 Å². The fourth-order valence-corrected chi connectivity index (χ4v) is 6.38. The van der Waals surface area contributed by atoms with E-state index in [0.717, 1.165) is 71.8 Å². The number of hydrogen-bond acceptors (Lipinski definition) is 6. The van der Waals surface area contributed by atoms with Crippen LogP contribution >= 0.6 is 11.3 Å². The lowest BCUT2D eigenvalue weighted by Crippen LogP contribution is -2.56. The van der Waals surface area contributed by atoms with Gasteiger partial charge < -0.3 is 10.2 Å². The predicted molar refractivity (Wildman–Crippen MR) is 127 cm³/mol. The molecule has 4 heterocycles. The summed E-state index contributed by atoms with van der Waals surface area (Å²) in [6.07, 6.45) is 1.36. The Morgan fingerprint density at radius 1 is 1.15 bits per heavy atom. The van der Waals surface area contributed by atoms with Gasteiger partial charge in [-0.2, -0.15) is 18.3 Å². The van der Waals surface area contributed by atoms with Crippen LogP contribution in [0.1, 0.15) is 24.1 Å². The van der Waals surface area contributed by atoms with Crippen LogP contribution in [-0.2, 0) is 6.42 Å². The number of fused-ring (bicyclic) bond motifs is 1. The molecule has 1 spiro atoms. The fraction of sp³-hybridized carbons (Fsp3) is 0.375. The standard InChI is InChI=1S/C24H23F3N6S/c25-24(26,27)11-18-9-19-21(28-14-29-22(19)34-18)33-12-23(13-33)7-5-17(10-23)31-16-3-1-15(2-4-16)20-6-8-30-32-20/h1-4,6,8-9,14,17,31H,5,7,10-13H2,(H,30,32). The number of benzene rings is 1. The van der Waals surface area contributed by atoms with Gasteiger partial charge in [-0.05, 0) is 49.1 Å². The van der Waals surface area contributed by atoms with E-state index >= 15 is 0 Å². The zero-order valence-corrected chi connectivity index (χ0v) is 19.1. The molecule has 1 aliphatic carbocycles. The van der Waals surface area contributed by atoms with Crippen LogP contribution in [0.3, 0.4) is 0 Å². The largest absolute Gasteiger partial charge is 0.393 e. The molecule has 1 unspecified atom stereocenters. The highest BCUT2D eigenvalue weighted by Crippen LogP contribution is 2.48. The Hall–Kier alpha value is -3.14. The number of aromatic amines is 1. The molecule has 1 saturated heterocycles. The molecule has 2 N–H and O–H groups in total. The van der Waals surface area contributed by atoms with Crippen LogP contribution in [0, 0.1) is 5.41 Å². The maximum absolute atomic E-state index is 12.8. The summed E-state index contributed by atoms with van der Waals surface area (Å²) < 4.78 is 38.5. The SMILES string of the molecule is FC(F)(F)Cc1cc2c(N3CC4(CCC(Nc5ccc(-c6ccn[nH]6)cc5)C4)C3)ncnc2s1. The second-order valence-corrected chi connectivity index (χ2v) is 10.5. The highest BCUT2D eigenvalue weighted by Gasteiger charge is 2.49. The summed E-state index contributed by atoms with van der Waals surface area (Å²) >= 11 is 1.10. The van der Waals surface area contributed by atoms with Crippen molar-refractivity contribution in [3.05, 3.63) is 53.8 Å². The Balaban J connectivity index is 1.10. The highest BCUT2D eigenvalue weighted by atomic mass is 32.1. The van der Waals surface area contributed by atoms with E-state index in [1.165, 1.54) is 6.33 Å². The first-order chi connectivity index (χ1) is 16.4. The number of anilines is 2. The lowest BCUT2D eigenvalue weighted by atomic mass is 9.78. The number of thiophene rings is 1. The van der Waals surface area contributed by atoms with Crippen molar-refractivity contribution in [2.75, 3.05) is 23.3 Å². The maximum Gasteiger partial charge on any atom is 0.393 e. The Labute approximate surface area is 198 Å². The molecule has 34 heavy (non-hydrogen) atoms. The highest BCUT2D eigenvalue weighted by molar-refractivity contribution is 7.18. The molecule has 6 nitrogen and oxygen atoms in total. The Morgan fingerprint density at radius 3 is 2.71 bits per heavy atom. The first-order valence-electron chi connectivity index (χ1n) is 11.3. The first kappa shape index (κ1) is 21.4. The summed E-state index contributed by atoms with van der Waals surface area (Å²) in [4.78, 5) is 11.7. The second kappa shape index (κ2) is 7.97. The van der Waals surface area contributed by atoms with E-state index in [4.69, 9.17) is 0 Å². The molecule has 6 rings (SSSR count). The molecule has 0 amide bonds. The molecule has 1 atom stereocenters. The monoisotopic (exact) mass is 484 g/mol. The Bertz CT molecular complexity index is 1290. The molecule has 1 aliphatic heterocycles. The van der Waals surface area contributed by atoms with Gasteiger partial charge in [0.1, 0.15) is 17.0 Å². The van der Waals surface area contributed by atoms with Crippen molar-refractivity contribution < 1.29 is 13.2 Å². The van der Waals surface area contributed by atoms with Gasteiger partial charge in [0.2, 0.25) is 0 Å². The van der Waals surface area contributed by atoms with E-state index in [0.29, 0.717) is 10.9 Å². The Kier molecular flexibility index (Phi) is 5.02. The fourth-order valence-electron chi connectivity index (χ4n) is 5.36. The minimum absolute atomic E-state index is 0.232. The minimum Gasteiger partial charge on any atom is -0.382 e. The van der Waals surface area contributed by atoms with Crippen LogP contribution in [-0.4, -0.2) is 45.5 Å². The third-order valence-electron chi connectivity index (χ3n) is 6.86. The number of hydrogen-bond donors (Lipinski definition) is 2. The molecule has 0 radical (unpaired) electrons. The normalized spacial score (nSPS) is 19.6. The van der Waals surface area contributed by atoms with Gasteiger partial charge in [-0.1, -0.05) is 12.1 Å². The molecule has 10 heteroatoms. The van der Waals surface area contributed by atoms with Crippen LogP contribution < -0.4 is 10.2 Å². The molecule has 4 aromatic rings. The summed E-state index contributed by atoms with van der Waals surface area (Å²) in [6, 6.07) is 12.3. The van der Waals surface area contributed by atoms with Gasteiger partial charge in [0.05, 0.1) is 17.5 Å². The maximum atomic E-state index is 12.8. The van der Waals surface area contributed by atoms with Crippen molar-refractivity contribution >= 4 is 33.1 Å². The molecule has 176 valence electrons. The van der Waals surface area contributed by atoms with Gasteiger partial charge in [0, 0.05) is 41.3 Å². The number of halogens is 3. The zero-order valence-electron chi connectivity index (χ0n) is 18.3. The average Bonchev–Trinajstić information content (AvgIpc) is 3.51. The molecule has 0 bridgehead atoms. The number of H-pyrrole nitrogens is 1. The van der Waals surface area contributed by atoms with E-state index in [1.807, 2.05) is 6.07 Å². The van der Waals surface area contributed by atoms with E-state index in [1.54, 1.807) is 12.3 Å². The zero-order chi connectivity index (χ0) is 23.3. The third kappa shape index (κ3) is 4.11. The average molecular weight is 485 g/mol. The number of nitrogens with zero attached hydrogens (tertiary/aromatic N) is 4. The first-order valence-corrected chi connectivity index (χ1v) is 12.1. The van der Waals surface area contributed by atoms with Crippen molar-refractivity contribution in [1.82, 2.24) is 20.2 Å². The van der Waals surface area contributed by atoms with E-state index < -0.39 is 12.6 Å². The van der Waals surface area contributed by atoms with Crippen LogP contribution in [0.15, 0.2) is 48.9 Å². The number of alkyl halides is 3. The summed E-state index contributed by atoms with van der Waals surface area (Å²) in [5.41, 5.74) is 3.43. The molecule has 2 aliphatic rings. The van der Waals surface area contributed by atoms with Crippen molar-refractivity contribution in [3.63, 3.8) is 0 Å². The second-order valence-electron chi connectivity index (χ2n) is 9.41. The number of nitrogens with one attached hydrogen (secondary N) is 2.